The number of hydrogen-bond acceptors (Lipinski definition) is 4. The molecule has 5 nitrogen and oxygen atoms in total. The van der Waals surface area contributed by atoms with Crippen molar-refractivity contribution in [3.8, 4) is 11.5 Å². The van der Waals surface area contributed by atoms with E-state index in [0.717, 1.165) is 4.90 Å². The molecule has 0 aromatic heterocycles. The summed E-state index contributed by atoms with van der Waals surface area (Å²) in [5.74, 6) is 3.19. The maximum absolute atomic E-state index is 11.0. The molecule has 0 aliphatic carbocycles. The van der Waals surface area contributed by atoms with Gasteiger partial charge in [0.25, 0.3) is 0 Å². The van der Waals surface area contributed by atoms with E-state index in [-0.39, 0.29) is 5.92 Å². The summed E-state index contributed by atoms with van der Waals surface area (Å²) in [4.78, 5) is 11.9. The van der Waals surface area contributed by atoms with Crippen LogP contribution < -0.4 is 0 Å². The van der Waals surface area contributed by atoms with E-state index in [9.17, 15) is 13.9 Å². The van der Waals surface area contributed by atoms with Crippen molar-refractivity contribution in [2.75, 3.05) is 0 Å². The van der Waals surface area contributed by atoms with Crippen molar-refractivity contribution in [2.24, 2.45) is 5.92 Å². The second-order valence-electron chi connectivity index (χ2n) is 2.92. The molecule has 0 bridgehead atoms. The summed E-state index contributed by atoms with van der Waals surface area (Å²) >= 11 is 0. The molecular weight excluding hydrogens is 236 g/mol. The Morgan fingerprint density at radius 2 is 1.87 bits per heavy atom. The van der Waals surface area contributed by atoms with Gasteiger partial charge < -0.3 is 0 Å². The van der Waals surface area contributed by atoms with Gasteiger partial charge in [-0.1, -0.05) is 0 Å². The van der Waals surface area contributed by atoms with E-state index >= 15 is 0 Å². The van der Waals surface area contributed by atoms with Gasteiger partial charge >= 0.3 is 89.5 Å². The van der Waals surface area contributed by atoms with Gasteiger partial charge in [-0.3, -0.25) is 0 Å². The van der Waals surface area contributed by atoms with Gasteiger partial charge in [-0.2, -0.15) is 0 Å². The van der Waals surface area contributed by atoms with Crippen molar-refractivity contribution < 1.29 is 19.0 Å². The second-order valence-corrected chi connectivity index (χ2v) is 3.69. The quantitative estimate of drug-likeness (QED) is 0.608. The normalized spacial score (nSPS) is 13.5. The first kappa shape index (κ1) is 14.5. The van der Waals surface area contributed by atoms with Crippen molar-refractivity contribution in [1.82, 2.24) is 4.90 Å². The average Bonchev–Trinajstić information content (AvgIpc) is 2.18. The van der Waals surface area contributed by atoms with Gasteiger partial charge in [0, 0.05) is 0 Å². The van der Waals surface area contributed by atoms with Crippen molar-refractivity contribution in [2.45, 2.75) is 26.3 Å². The number of rotatable bonds is 4. The molecule has 0 fully saturated rings. The topological polar surface area (TPSA) is 74.7 Å². The monoisotopic (exact) mass is 247 g/mol. The fraction of sp³-hybridized carbons (Fsp3) is 0.625. The molecule has 2 atom stereocenters. The zero-order valence-corrected chi connectivity index (χ0v) is 10.2. The molecule has 0 radical (unpaired) electrons. The predicted octanol–water partition coefficient (Wildman–Crippen LogP) is 2.20. The van der Waals surface area contributed by atoms with Crippen LogP contribution in [0.15, 0.2) is 0 Å². The van der Waals surface area contributed by atoms with E-state index in [1.165, 1.54) is 0 Å². The van der Waals surface area contributed by atoms with Gasteiger partial charge in [-0.15, -0.1) is 0 Å². The third-order valence-corrected chi connectivity index (χ3v) is 2.61. The molecule has 0 unspecified atom stereocenters. The van der Waals surface area contributed by atoms with Crippen LogP contribution in [0.5, 0.6) is 0 Å². The van der Waals surface area contributed by atoms with Gasteiger partial charge in [0.15, 0.2) is 0 Å². The van der Waals surface area contributed by atoms with Gasteiger partial charge in [-0.25, -0.2) is 0 Å². The Morgan fingerprint density at radius 3 is 2.13 bits per heavy atom. The summed E-state index contributed by atoms with van der Waals surface area (Å²) in [5, 5.41) is 8.97. The fourth-order valence-electron chi connectivity index (χ4n) is 1.07. The van der Waals surface area contributed by atoms with Crippen LogP contribution in [0.25, 0.3) is 0 Å². The summed E-state index contributed by atoms with van der Waals surface area (Å²) in [6.45, 7) is 3.57. The molecule has 1 N–H and O–H groups in total. The Kier molecular flexibility index (Phi) is 7.42. The summed E-state index contributed by atoms with van der Waals surface area (Å²) in [6.07, 6.45) is 0.627. The zero-order valence-electron chi connectivity index (χ0n) is 8.38. The molecule has 0 aromatic rings. The van der Waals surface area contributed by atoms with E-state index in [2.05, 4.69) is 11.5 Å². The van der Waals surface area contributed by atoms with Crippen LogP contribution in [0.4, 0.5) is 0 Å². The SMILES string of the molecule is CC[C@H](C)[C@@H](C(=O)O)N(C#P=O)C#P=O. The number of nitrogens with zero attached hydrogens (tertiary/aromatic N) is 1. The number of hydrogen-bond donors (Lipinski definition) is 1. The summed E-state index contributed by atoms with van der Waals surface area (Å²) in [6, 6.07) is -0.946. The predicted molar refractivity (Wildman–Crippen MR) is 55.7 cm³/mol. The van der Waals surface area contributed by atoms with Crippen LogP contribution in [0, 0.1) is 17.4 Å². The fourth-order valence-corrected chi connectivity index (χ4v) is 1.67. The average molecular weight is 247 g/mol. The van der Waals surface area contributed by atoms with Crippen LogP contribution in [0.1, 0.15) is 20.3 Å². The van der Waals surface area contributed by atoms with Crippen molar-refractivity contribution in [1.29, 1.82) is 0 Å². The Balaban J connectivity index is 5.20. The van der Waals surface area contributed by atoms with E-state index in [1.807, 2.05) is 6.92 Å². The van der Waals surface area contributed by atoms with E-state index < -0.39 is 27.8 Å². The molecule has 0 heterocycles. The first-order valence-electron chi connectivity index (χ1n) is 4.26. The molecule has 0 aliphatic heterocycles. The molecular formula is C8H11NO4P2. The molecule has 0 spiro atoms. The van der Waals surface area contributed by atoms with Crippen LogP contribution in [0.2, 0.25) is 0 Å². The van der Waals surface area contributed by atoms with Crippen LogP contribution in [-0.4, -0.2) is 22.0 Å². The molecule has 0 amide bonds. The van der Waals surface area contributed by atoms with Gasteiger partial charge in [0.05, 0.1) is 0 Å². The van der Waals surface area contributed by atoms with E-state index in [4.69, 9.17) is 5.11 Å². The van der Waals surface area contributed by atoms with Crippen molar-refractivity contribution in [3.63, 3.8) is 0 Å². The third kappa shape index (κ3) is 4.66. The van der Waals surface area contributed by atoms with Crippen LogP contribution in [-0.2, 0) is 13.9 Å². The van der Waals surface area contributed by atoms with Gasteiger partial charge in [0.2, 0.25) is 0 Å². The van der Waals surface area contributed by atoms with Crippen molar-refractivity contribution >= 4 is 21.8 Å². The molecule has 0 aromatic carbocycles. The second kappa shape index (κ2) is 7.70. The Morgan fingerprint density at radius 1 is 1.40 bits per heavy atom. The van der Waals surface area contributed by atoms with E-state index in [1.54, 1.807) is 6.92 Å². The third-order valence-electron chi connectivity index (χ3n) is 2.01. The first-order valence-corrected chi connectivity index (χ1v) is 5.88. The Labute approximate surface area is 90.1 Å². The van der Waals surface area contributed by atoms with Crippen LogP contribution in [0.3, 0.4) is 0 Å². The summed E-state index contributed by atoms with van der Waals surface area (Å²) < 4.78 is 20.7. The summed E-state index contributed by atoms with van der Waals surface area (Å²) in [5.41, 5.74) is 0. The molecule has 0 saturated heterocycles. The molecule has 15 heavy (non-hydrogen) atoms. The molecule has 0 rings (SSSR count). The molecule has 0 aliphatic rings. The number of carbonyl (C=O) groups is 1. The standard InChI is InChI=1S/C8H11NO4P2/c1-3-6(2)7(8(10)11)9(4-14-12)5-15-13/h6-7H,3H2,1-2H3,(H,10,11)/t6-,7-/m0/s1. The minimum atomic E-state index is -1.09. The zero-order chi connectivity index (χ0) is 11.8. The Hall–Kier alpha value is -0.550. The minimum absolute atomic E-state index is 0.189. The van der Waals surface area contributed by atoms with Crippen molar-refractivity contribution in [3.05, 3.63) is 0 Å². The first-order chi connectivity index (χ1) is 7.08. The summed E-state index contributed by atoms with van der Waals surface area (Å²) in [7, 11) is -0.936. The number of aliphatic carboxylic acids is 1. The Bertz CT molecular complexity index is 396. The maximum atomic E-state index is 11.0. The number of carboxylic acids is 1. The molecule has 82 valence electrons. The van der Waals surface area contributed by atoms with Gasteiger partial charge in [0.1, 0.15) is 0 Å². The van der Waals surface area contributed by atoms with Crippen LogP contribution >= 0.6 is 15.8 Å². The van der Waals surface area contributed by atoms with E-state index in [0.29, 0.717) is 6.42 Å². The molecule has 0 saturated carbocycles. The van der Waals surface area contributed by atoms with Gasteiger partial charge in [-0.05, 0) is 0 Å². The molecule has 7 heteroatoms. The number of carboxylic acid groups (broad SMARTS) is 1.